The largest absolute Gasteiger partial charge is 0.299 e. The summed E-state index contributed by atoms with van der Waals surface area (Å²) in [4.78, 5) is 11.9. The number of benzene rings is 1. The third kappa shape index (κ3) is 3.48. The summed E-state index contributed by atoms with van der Waals surface area (Å²) < 4.78 is 0. The smallest absolute Gasteiger partial charge is 0.140 e. The Morgan fingerprint density at radius 2 is 1.94 bits per heavy atom. The second kappa shape index (κ2) is 5.83. The fourth-order valence-corrected chi connectivity index (χ4v) is 1.88. The van der Waals surface area contributed by atoms with E-state index < -0.39 is 0 Å². The molecule has 0 saturated heterocycles. The number of aryl methyl sites for hydroxylation is 2. The van der Waals surface area contributed by atoms with Gasteiger partial charge in [-0.1, -0.05) is 38.5 Å². The molecule has 0 heterocycles. The van der Waals surface area contributed by atoms with Crippen molar-refractivity contribution in [1.82, 2.24) is 0 Å². The quantitative estimate of drug-likeness (QED) is 0.733. The van der Waals surface area contributed by atoms with Crippen molar-refractivity contribution < 1.29 is 4.79 Å². The molecule has 0 radical (unpaired) electrons. The average molecular weight is 218 g/mol. The molecule has 0 amide bonds. The van der Waals surface area contributed by atoms with Gasteiger partial charge in [0.25, 0.3) is 0 Å². The van der Waals surface area contributed by atoms with Gasteiger partial charge < -0.3 is 0 Å². The highest BCUT2D eigenvalue weighted by atomic mass is 16.1. The van der Waals surface area contributed by atoms with E-state index in [1.54, 1.807) is 0 Å². The zero-order valence-corrected chi connectivity index (χ0v) is 10.8. The summed E-state index contributed by atoms with van der Waals surface area (Å²) in [6.45, 7) is 8.35. The molecular weight excluding hydrogens is 196 g/mol. The molecule has 1 atom stereocenters. The van der Waals surface area contributed by atoms with Gasteiger partial charge in [-0.25, -0.2) is 0 Å². The molecule has 0 N–H and O–H groups in total. The van der Waals surface area contributed by atoms with Crippen molar-refractivity contribution in [2.75, 3.05) is 0 Å². The lowest BCUT2D eigenvalue weighted by atomic mass is 9.94. The molecule has 0 fully saturated rings. The maximum Gasteiger partial charge on any atom is 0.140 e. The van der Waals surface area contributed by atoms with Crippen molar-refractivity contribution in [2.24, 2.45) is 5.92 Å². The summed E-state index contributed by atoms with van der Waals surface area (Å²) in [5, 5.41) is 0. The topological polar surface area (TPSA) is 17.1 Å². The number of carbonyl (C=O) groups is 1. The number of rotatable bonds is 5. The van der Waals surface area contributed by atoms with E-state index in [2.05, 4.69) is 39.0 Å². The summed E-state index contributed by atoms with van der Waals surface area (Å²) in [7, 11) is 0. The van der Waals surface area contributed by atoms with Crippen molar-refractivity contribution in [3.63, 3.8) is 0 Å². The minimum atomic E-state index is 0.201. The minimum absolute atomic E-state index is 0.201. The van der Waals surface area contributed by atoms with Gasteiger partial charge in [0.15, 0.2) is 0 Å². The van der Waals surface area contributed by atoms with Gasteiger partial charge in [0, 0.05) is 12.3 Å². The lowest BCUT2D eigenvalue weighted by Gasteiger charge is -2.10. The van der Waals surface area contributed by atoms with E-state index in [1.165, 1.54) is 11.1 Å². The van der Waals surface area contributed by atoms with Gasteiger partial charge in [0.05, 0.1) is 0 Å². The van der Waals surface area contributed by atoms with Crippen LogP contribution in [0.15, 0.2) is 18.2 Å². The predicted octanol–water partition coefficient (Wildman–Crippen LogP) is 3.85. The Morgan fingerprint density at radius 1 is 1.25 bits per heavy atom. The second-order valence-corrected chi connectivity index (χ2v) is 4.75. The predicted molar refractivity (Wildman–Crippen MR) is 68.7 cm³/mol. The molecule has 1 nitrogen and oxygen atoms in total. The third-order valence-corrected chi connectivity index (χ3v) is 3.22. The Balaban J connectivity index is 2.66. The molecule has 0 aromatic heterocycles. The number of carbonyl (C=O) groups excluding carboxylic acids is 1. The Morgan fingerprint density at radius 3 is 2.50 bits per heavy atom. The first-order valence-corrected chi connectivity index (χ1v) is 6.13. The lowest BCUT2D eigenvalue weighted by Crippen LogP contribution is -2.13. The molecule has 0 bridgehead atoms. The molecule has 1 aromatic rings. The fraction of sp³-hybridized carbons (Fsp3) is 0.533. The van der Waals surface area contributed by atoms with Crippen molar-refractivity contribution in [2.45, 2.75) is 47.0 Å². The first kappa shape index (κ1) is 13.0. The van der Waals surface area contributed by atoms with Crippen LogP contribution in [-0.2, 0) is 11.2 Å². The summed E-state index contributed by atoms with van der Waals surface area (Å²) in [5.74, 6) is 0.566. The Kier molecular flexibility index (Phi) is 4.72. The van der Waals surface area contributed by atoms with Gasteiger partial charge >= 0.3 is 0 Å². The van der Waals surface area contributed by atoms with Crippen molar-refractivity contribution >= 4 is 5.78 Å². The van der Waals surface area contributed by atoms with Crippen LogP contribution in [0.25, 0.3) is 0 Å². The van der Waals surface area contributed by atoms with E-state index >= 15 is 0 Å². The highest BCUT2D eigenvalue weighted by Crippen LogP contribution is 2.14. The standard InChI is InChI=1S/C15H22O/c1-5-6-12(3)15(16)10-14-8-7-11(2)13(4)9-14/h7-9,12H,5-6,10H2,1-4H3. The zero-order chi connectivity index (χ0) is 12.1. The molecule has 88 valence electrons. The molecule has 1 heteroatoms. The van der Waals surface area contributed by atoms with Gasteiger partial charge in [-0.15, -0.1) is 0 Å². The molecular formula is C15H22O. The van der Waals surface area contributed by atoms with Crippen LogP contribution in [0, 0.1) is 19.8 Å². The Hall–Kier alpha value is -1.11. The fourth-order valence-electron chi connectivity index (χ4n) is 1.88. The van der Waals surface area contributed by atoms with Gasteiger partial charge in [-0.3, -0.25) is 4.79 Å². The molecule has 0 saturated carbocycles. The van der Waals surface area contributed by atoms with Gasteiger partial charge in [-0.2, -0.15) is 0 Å². The van der Waals surface area contributed by atoms with E-state index in [0.717, 1.165) is 18.4 Å². The maximum absolute atomic E-state index is 11.9. The van der Waals surface area contributed by atoms with E-state index in [-0.39, 0.29) is 5.92 Å². The Labute approximate surface area is 98.9 Å². The number of hydrogen-bond donors (Lipinski definition) is 0. The number of Topliss-reactive ketones (excluding diaryl/α,β-unsaturated/α-hetero) is 1. The van der Waals surface area contributed by atoms with Crippen LogP contribution in [-0.4, -0.2) is 5.78 Å². The average Bonchev–Trinajstić information content (AvgIpc) is 2.24. The molecule has 0 aliphatic rings. The number of hydrogen-bond acceptors (Lipinski definition) is 1. The van der Waals surface area contributed by atoms with Gasteiger partial charge in [0.2, 0.25) is 0 Å². The molecule has 1 rings (SSSR count). The molecule has 1 unspecified atom stereocenters. The van der Waals surface area contributed by atoms with Crippen molar-refractivity contribution in [1.29, 1.82) is 0 Å². The first-order valence-electron chi connectivity index (χ1n) is 6.13. The van der Waals surface area contributed by atoms with E-state index in [4.69, 9.17) is 0 Å². The van der Waals surface area contributed by atoms with E-state index in [1.807, 2.05) is 6.92 Å². The van der Waals surface area contributed by atoms with Crippen LogP contribution in [0.1, 0.15) is 43.4 Å². The maximum atomic E-state index is 11.9. The van der Waals surface area contributed by atoms with Gasteiger partial charge in [-0.05, 0) is 37.0 Å². The van der Waals surface area contributed by atoms with Gasteiger partial charge in [0.1, 0.15) is 5.78 Å². The Bertz CT molecular complexity index is 366. The SMILES string of the molecule is CCCC(C)C(=O)Cc1ccc(C)c(C)c1. The first-order chi connectivity index (χ1) is 7.54. The summed E-state index contributed by atoms with van der Waals surface area (Å²) in [6.07, 6.45) is 2.67. The molecule has 0 aliphatic carbocycles. The highest BCUT2D eigenvalue weighted by Gasteiger charge is 2.12. The molecule has 16 heavy (non-hydrogen) atoms. The zero-order valence-electron chi connectivity index (χ0n) is 10.8. The number of ketones is 1. The second-order valence-electron chi connectivity index (χ2n) is 4.75. The van der Waals surface area contributed by atoms with Crippen LogP contribution < -0.4 is 0 Å². The normalized spacial score (nSPS) is 12.5. The molecule has 0 aliphatic heterocycles. The highest BCUT2D eigenvalue weighted by molar-refractivity contribution is 5.82. The lowest BCUT2D eigenvalue weighted by molar-refractivity contribution is -0.121. The molecule has 0 spiro atoms. The van der Waals surface area contributed by atoms with Crippen LogP contribution in [0.2, 0.25) is 0 Å². The van der Waals surface area contributed by atoms with E-state index in [0.29, 0.717) is 12.2 Å². The van der Waals surface area contributed by atoms with E-state index in [9.17, 15) is 4.79 Å². The third-order valence-electron chi connectivity index (χ3n) is 3.22. The van der Waals surface area contributed by atoms with Crippen LogP contribution in [0.4, 0.5) is 0 Å². The van der Waals surface area contributed by atoms with Crippen LogP contribution in [0.3, 0.4) is 0 Å². The van der Waals surface area contributed by atoms with Crippen LogP contribution in [0.5, 0.6) is 0 Å². The van der Waals surface area contributed by atoms with Crippen molar-refractivity contribution in [3.8, 4) is 0 Å². The van der Waals surface area contributed by atoms with Crippen LogP contribution >= 0.6 is 0 Å². The summed E-state index contributed by atoms with van der Waals surface area (Å²) in [5.41, 5.74) is 3.71. The summed E-state index contributed by atoms with van der Waals surface area (Å²) >= 11 is 0. The summed E-state index contributed by atoms with van der Waals surface area (Å²) in [6, 6.07) is 6.30. The monoisotopic (exact) mass is 218 g/mol. The van der Waals surface area contributed by atoms with Crippen molar-refractivity contribution in [3.05, 3.63) is 34.9 Å². The minimum Gasteiger partial charge on any atom is -0.299 e. The molecule has 1 aromatic carbocycles.